The van der Waals surface area contributed by atoms with Crippen LogP contribution in [0.5, 0.6) is 5.75 Å². The number of ether oxygens (including phenoxy) is 1. The van der Waals surface area contributed by atoms with Crippen molar-refractivity contribution in [2.75, 3.05) is 20.2 Å². The molecule has 1 aliphatic heterocycles. The van der Waals surface area contributed by atoms with Gasteiger partial charge in [-0.05, 0) is 30.8 Å². The van der Waals surface area contributed by atoms with Crippen LogP contribution in [0.4, 0.5) is 0 Å². The third-order valence-electron chi connectivity index (χ3n) is 2.94. The number of nitrogens with one attached hydrogen (secondary N) is 2. The molecule has 0 radical (unpaired) electrons. The first-order valence-electron chi connectivity index (χ1n) is 5.94. The summed E-state index contributed by atoms with van der Waals surface area (Å²) < 4.78 is 5.15. The summed E-state index contributed by atoms with van der Waals surface area (Å²) in [6, 6.07) is 2.06. The van der Waals surface area contributed by atoms with Gasteiger partial charge in [-0.25, -0.2) is 0 Å². The van der Waals surface area contributed by atoms with E-state index in [9.17, 15) is 4.79 Å². The Kier molecular flexibility index (Phi) is 4.39. The maximum absolute atomic E-state index is 12.1. The van der Waals surface area contributed by atoms with Crippen LogP contribution >= 0.6 is 11.3 Å². The van der Waals surface area contributed by atoms with E-state index in [4.69, 9.17) is 4.74 Å². The van der Waals surface area contributed by atoms with Crippen LogP contribution in [0.15, 0.2) is 11.4 Å². The molecule has 17 heavy (non-hydrogen) atoms. The lowest BCUT2D eigenvalue weighted by Crippen LogP contribution is -2.40. The molecule has 2 N–H and O–H groups in total. The molecule has 5 heteroatoms. The Bertz CT molecular complexity index is 370. The summed E-state index contributed by atoms with van der Waals surface area (Å²) in [6.45, 7) is 1.91. The standard InChI is InChI=1S/C12H18N2O2S/c1-16-10-5-7-17-11(10)12(15)14-9-4-2-3-6-13-8-9/h5,7,9,13H,2-4,6,8H2,1H3,(H,14,15). The first kappa shape index (κ1) is 12.4. The van der Waals surface area contributed by atoms with Gasteiger partial charge < -0.3 is 15.4 Å². The first-order valence-corrected chi connectivity index (χ1v) is 6.82. The molecule has 1 aliphatic rings. The van der Waals surface area contributed by atoms with Gasteiger partial charge >= 0.3 is 0 Å². The van der Waals surface area contributed by atoms with E-state index in [1.165, 1.54) is 24.2 Å². The zero-order valence-corrected chi connectivity index (χ0v) is 10.8. The van der Waals surface area contributed by atoms with E-state index in [0.29, 0.717) is 10.6 Å². The highest BCUT2D eigenvalue weighted by Crippen LogP contribution is 2.24. The molecule has 1 aromatic heterocycles. The monoisotopic (exact) mass is 254 g/mol. The van der Waals surface area contributed by atoms with Gasteiger partial charge in [0.05, 0.1) is 7.11 Å². The Balaban J connectivity index is 1.96. The van der Waals surface area contributed by atoms with Crippen LogP contribution in [0.1, 0.15) is 28.9 Å². The van der Waals surface area contributed by atoms with Gasteiger partial charge in [-0.2, -0.15) is 0 Å². The highest BCUT2D eigenvalue weighted by molar-refractivity contribution is 7.12. The van der Waals surface area contributed by atoms with Gasteiger partial charge in [-0.15, -0.1) is 11.3 Å². The van der Waals surface area contributed by atoms with Gasteiger partial charge in [0.15, 0.2) is 0 Å². The summed E-state index contributed by atoms with van der Waals surface area (Å²) in [6.07, 6.45) is 3.40. The molecule has 94 valence electrons. The summed E-state index contributed by atoms with van der Waals surface area (Å²) >= 11 is 1.42. The Morgan fingerprint density at radius 2 is 2.47 bits per heavy atom. The predicted octanol–water partition coefficient (Wildman–Crippen LogP) is 1.63. The summed E-state index contributed by atoms with van der Waals surface area (Å²) in [5.41, 5.74) is 0. The second-order valence-corrected chi connectivity index (χ2v) is 5.10. The van der Waals surface area contributed by atoms with Crippen molar-refractivity contribution < 1.29 is 9.53 Å². The van der Waals surface area contributed by atoms with E-state index < -0.39 is 0 Å². The summed E-state index contributed by atoms with van der Waals surface area (Å²) in [7, 11) is 1.59. The highest BCUT2D eigenvalue weighted by atomic mass is 32.1. The number of carbonyl (C=O) groups excluding carboxylic acids is 1. The van der Waals surface area contributed by atoms with Gasteiger partial charge in [0.1, 0.15) is 10.6 Å². The fourth-order valence-electron chi connectivity index (χ4n) is 2.02. The highest BCUT2D eigenvalue weighted by Gasteiger charge is 2.18. The molecule has 2 heterocycles. The fraction of sp³-hybridized carbons (Fsp3) is 0.583. The number of amides is 1. The molecule has 1 aromatic rings. The van der Waals surface area contributed by atoms with Gasteiger partial charge in [0, 0.05) is 12.6 Å². The molecular weight excluding hydrogens is 236 g/mol. The van der Waals surface area contributed by atoms with Crippen molar-refractivity contribution in [1.29, 1.82) is 0 Å². The molecule has 0 aromatic carbocycles. The number of hydrogen-bond donors (Lipinski definition) is 2. The normalized spacial score (nSPS) is 20.6. The van der Waals surface area contributed by atoms with Gasteiger partial charge in [-0.1, -0.05) is 6.42 Å². The molecule has 4 nitrogen and oxygen atoms in total. The minimum Gasteiger partial charge on any atom is -0.495 e. The maximum atomic E-state index is 12.1. The molecule has 1 unspecified atom stereocenters. The van der Waals surface area contributed by atoms with Crippen molar-refractivity contribution in [3.8, 4) is 5.75 Å². The number of thiophene rings is 1. The zero-order valence-electron chi connectivity index (χ0n) is 9.99. The lowest BCUT2D eigenvalue weighted by atomic mass is 10.1. The van der Waals surface area contributed by atoms with Crippen molar-refractivity contribution in [2.45, 2.75) is 25.3 Å². The number of methoxy groups -OCH3 is 1. The maximum Gasteiger partial charge on any atom is 0.265 e. The number of hydrogen-bond acceptors (Lipinski definition) is 4. The summed E-state index contributed by atoms with van der Waals surface area (Å²) in [4.78, 5) is 12.7. The van der Waals surface area contributed by atoms with E-state index in [0.717, 1.165) is 19.5 Å². The van der Waals surface area contributed by atoms with Gasteiger partial charge in [0.2, 0.25) is 0 Å². The molecule has 1 atom stereocenters. The Morgan fingerprint density at radius 1 is 1.59 bits per heavy atom. The molecule has 1 fully saturated rings. The smallest absolute Gasteiger partial charge is 0.265 e. The van der Waals surface area contributed by atoms with Crippen molar-refractivity contribution in [3.63, 3.8) is 0 Å². The molecular formula is C12H18N2O2S. The van der Waals surface area contributed by atoms with Crippen LogP contribution in [0, 0.1) is 0 Å². The zero-order chi connectivity index (χ0) is 12.1. The fourth-order valence-corrected chi connectivity index (χ4v) is 2.78. The van der Waals surface area contributed by atoms with E-state index >= 15 is 0 Å². The molecule has 0 aliphatic carbocycles. The lowest BCUT2D eigenvalue weighted by molar-refractivity contribution is 0.0937. The SMILES string of the molecule is COc1ccsc1C(=O)NC1CCCCNC1. The summed E-state index contributed by atoms with van der Waals surface area (Å²) in [5.74, 6) is 0.639. The second-order valence-electron chi connectivity index (χ2n) is 4.19. The molecule has 2 rings (SSSR count). The van der Waals surface area contributed by atoms with Gasteiger partial charge in [-0.3, -0.25) is 4.79 Å². The van der Waals surface area contributed by atoms with Crippen LogP contribution in [-0.4, -0.2) is 32.1 Å². The second kappa shape index (κ2) is 6.02. The average Bonchev–Trinajstić information content (AvgIpc) is 2.68. The Labute approximate surface area is 105 Å². The minimum atomic E-state index is -0.0226. The molecule has 1 saturated heterocycles. The average molecular weight is 254 g/mol. The van der Waals surface area contributed by atoms with Crippen LogP contribution in [0.25, 0.3) is 0 Å². The van der Waals surface area contributed by atoms with Crippen LogP contribution < -0.4 is 15.4 Å². The Hall–Kier alpha value is -1.07. The molecule has 0 spiro atoms. The van der Waals surface area contributed by atoms with Crippen molar-refractivity contribution >= 4 is 17.2 Å². The predicted molar refractivity (Wildman–Crippen MR) is 68.8 cm³/mol. The molecule has 1 amide bonds. The van der Waals surface area contributed by atoms with E-state index in [1.54, 1.807) is 7.11 Å². The van der Waals surface area contributed by atoms with Crippen LogP contribution in [0.3, 0.4) is 0 Å². The summed E-state index contributed by atoms with van der Waals surface area (Å²) in [5, 5.41) is 8.27. The van der Waals surface area contributed by atoms with Crippen LogP contribution in [-0.2, 0) is 0 Å². The van der Waals surface area contributed by atoms with Crippen molar-refractivity contribution in [1.82, 2.24) is 10.6 Å². The van der Waals surface area contributed by atoms with Crippen molar-refractivity contribution in [2.24, 2.45) is 0 Å². The third kappa shape index (κ3) is 3.20. The van der Waals surface area contributed by atoms with Crippen LogP contribution in [0.2, 0.25) is 0 Å². The van der Waals surface area contributed by atoms with Gasteiger partial charge in [0.25, 0.3) is 5.91 Å². The molecule has 0 bridgehead atoms. The quantitative estimate of drug-likeness (QED) is 0.862. The lowest BCUT2D eigenvalue weighted by Gasteiger charge is -2.16. The van der Waals surface area contributed by atoms with E-state index in [2.05, 4.69) is 10.6 Å². The Morgan fingerprint density at radius 3 is 3.29 bits per heavy atom. The third-order valence-corrected chi connectivity index (χ3v) is 3.83. The minimum absolute atomic E-state index is 0.0226. The number of carbonyl (C=O) groups is 1. The number of rotatable bonds is 3. The molecule has 0 saturated carbocycles. The first-order chi connectivity index (χ1) is 8.31. The largest absolute Gasteiger partial charge is 0.495 e. The topological polar surface area (TPSA) is 50.4 Å². The van der Waals surface area contributed by atoms with E-state index in [-0.39, 0.29) is 11.9 Å². The van der Waals surface area contributed by atoms with E-state index in [1.807, 2.05) is 11.4 Å². The van der Waals surface area contributed by atoms with Crippen molar-refractivity contribution in [3.05, 3.63) is 16.3 Å².